The van der Waals surface area contributed by atoms with Crippen LogP contribution in [0.1, 0.15) is 28.8 Å². The minimum absolute atomic E-state index is 0.106. The van der Waals surface area contributed by atoms with Crippen LogP contribution in [0.5, 0.6) is 5.75 Å². The first kappa shape index (κ1) is 22.9. The Balaban J connectivity index is 1.36. The van der Waals surface area contributed by atoms with Crippen molar-refractivity contribution >= 4 is 16.7 Å². The number of methoxy groups -OCH3 is 1. The molecule has 6 nitrogen and oxygen atoms in total. The van der Waals surface area contributed by atoms with Gasteiger partial charge in [0.05, 0.1) is 12.7 Å². The molecule has 6 heteroatoms. The fourth-order valence-electron chi connectivity index (χ4n) is 4.75. The topological polar surface area (TPSA) is 63.6 Å². The van der Waals surface area contributed by atoms with Gasteiger partial charge in [0.1, 0.15) is 5.75 Å². The number of likely N-dealkylation sites (tertiary alicyclic amines) is 1. The molecule has 1 saturated heterocycles. The van der Waals surface area contributed by atoms with E-state index in [0.29, 0.717) is 27.8 Å². The summed E-state index contributed by atoms with van der Waals surface area (Å²) in [6, 6.07) is 25.1. The molecule has 2 heterocycles. The molecule has 1 N–H and O–H groups in total. The molecule has 4 aromatic rings. The fraction of sp³-hybridized carbons (Fsp3) is 0.241. The number of carbonyl (C=O) groups is 1. The average Bonchev–Trinajstić information content (AvgIpc) is 2.91. The van der Waals surface area contributed by atoms with Gasteiger partial charge in [0.15, 0.2) is 0 Å². The number of nitrogens with one attached hydrogen (secondary N) is 1. The summed E-state index contributed by atoms with van der Waals surface area (Å²) in [6.45, 7) is 2.80. The number of nitrogens with zero attached hydrogens (tertiary/aromatic N) is 2. The van der Waals surface area contributed by atoms with E-state index in [-0.39, 0.29) is 17.5 Å². The Morgan fingerprint density at radius 1 is 0.914 bits per heavy atom. The number of rotatable bonds is 6. The minimum Gasteiger partial charge on any atom is -0.497 e. The van der Waals surface area contributed by atoms with E-state index < -0.39 is 0 Å². The molecule has 1 fully saturated rings. The molecule has 1 aliphatic heterocycles. The van der Waals surface area contributed by atoms with Crippen LogP contribution in [0.25, 0.3) is 16.5 Å². The SMILES string of the molecule is COc1ccc(-n2cc(C(=O)NC3CCN(Cc4ccccc4)CC3)c3ccccc3c2=O)cc1. The lowest BCUT2D eigenvalue weighted by molar-refractivity contribution is 0.0910. The van der Waals surface area contributed by atoms with Crippen LogP contribution < -0.4 is 15.6 Å². The number of fused-ring (bicyclic) bond motifs is 1. The van der Waals surface area contributed by atoms with E-state index >= 15 is 0 Å². The summed E-state index contributed by atoms with van der Waals surface area (Å²) in [5.74, 6) is 0.559. The van der Waals surface area contributed by atoms with Crippen molar-refractivity contribution in [2.45, 2.75) is 25.4 Å². The van der Waals surface area contributed by atoms with Crippen molar-refractivity contribution in [3.05, 3.63) is 107 Å². The maximum atomic E-state index is 13.4. The largest absolute Gasteiger partial charge is 0.497 e. The highest BCUT2D eigenvalue weighted by atomic mass is 16.5. The van der Waals surface area contributed by atoms with E-state index in [4.69, 9.17) is 4.74 Å². The average molecular weight is 468 g/mol. The zero-order valence-corrected chi connectivity index (χ0v) is 19.8. The second-order valence-corrected chi connectivity index (χ2v) is 8.97. The van der Waals surface area contributed by atoms with Crippen LogP contribution in [0.4, 0.5) is 0 Å². The minimum atomic E-state index is -0.156. The third-order valence-corrected chi connectivity index (χ3v) is 6.69. The van der Waals surface area contributed by atoms with Crippen molar-refractivity contribution in [3.8, 4) is 11.4 Å². The van der Waals surface area contributed by atoms with Gasteiger partial charge in [-0.2, -0.15) is 0 Å². The molecule has 0 atom stereocenters. The third-order valence-electron chi connectivity index (χ3n) is 6.69. The number of pyridine rings is 1. The summed E-state index contributed by atoms with van der Waals surface area (Å²) in [5.41, 5.74) is 2.34. The monoisotopic (exact) mass is 467 g/mol. The van der Waals surface area contributed by atoms with Crippen LogP contribution in [-0.2, 0) is 6.54 Å². The van der Waals surface area contributed by atoms with Crippen molar-refractivity contribution in [2.24, 2.45) is 0 Å². The zero-order valence-electron chi connectivity index (χ0n) is 19.8. The predicted molar refractivity (Wildman–Crippen MR) is 138 cm³/mol. The summed E-state index contributed by atoms with van der Waals surface area (Å²) in [6.07, 6.45) is 3.45. The van der Waals surface area contributed by atoms with Crippen LogP contribution in [-0.4, -0.2) is 41.6 Å². The number of piperidine rings is 1. The van der Waals surface area contributed by atoms with E-state index in [1.54, 1.807) is 36.1 Å². The van der Waals surface area contributed by atoms with Gasteiger partial charge in [-0.05, 0) is 48.7 Å². The number of hydrogen-bond acceptors (Lipinski definition) is 4. The first-order valence-electron chi connectivity index (χ1n) is 12.0. The highest BCUT2D eigenvalue weighted by molar-refractivity contribution is 6.06. The van der Waals surface area contributed by atoms with E-state index in [1.807, 2.05) is 36.4 Å². The molecular formula is C29H29N3O3. The smallest absolute Gasteiger partial charge is 0.262 e. The highest BCUT2D eigenvalue weighted by Crippen LogP contribution is 2.21. The zero-order chi connectivity index (χ0) is 24.2. The number of aromatic nitrogens is 1. The second-order valence-electron chi connectivity index (χ2n) is 8.97. The van der Waals surface area contributed by atoms with Crippen molar-refractivity contribution in [2.75, 3.05) is 20.2 Å². The van der Waals surface area contributed by atoms with Crippen molar-refractivity contribution in [1.29, 1.82) is 0 Å². The van der Waals surface area contributed by atoms with Crippen molar-refractivity contribution in [1.82, 2.24) is 14.8 Å². The van der Waals surface area contributed by atoms with Gasteiger partial charge in [-0.25, -0.2) is 0 Å². The summed E-state index contributed by atoms with van der Waals surface area (Å²) >= 11 is 0. The van der Waals surface area contributed by atoms with Crippen LogP contribution in [0.3, 0.4) is 0 Å². The van der Waals surface area contributed by atoms with Gasteiger partial charge >= 0.3 is 0 Å². The maximum Gasteiger partial charge on any atom is 0.262 e. The van der Waals surface area contributed by atoms with Gasteiger partial charge < -0.3 is 10.1 Å². The Labute approximate surface area is 204 Å². The first-order chi connectivity index (χ1) is 17.1. The Bertz CT molecular complexity index is 1370. The molecule has 178 valence electrons. The van der Waals surface area contributed by atoms with Crippen molar-refractivity contribution in [3.63, 3.8) is 0 Å². The molecule has 1 aliphatic rings. The number of benzene rings is 3. The van der Waals surface area contributed by atoms with Gasteiger partial charge in [0, 0.05) is 48.3 Å². The van der Waals surface area contributed by atoms with Crippen LogP contribution >= 0.6 is 0 Å². The number of amides is 1. The standard InChI is InChI=1S/C29H29N3O3/c1-35-24-13-11-23(12-14-24)32-20-27(25-9-5-6-10-26(25)29(32)34)28(33)30-22-15-17-31(18-16-22)19-21-7-3-2-4-8-21/h2-14,20,22H,15-19H2,1H3,(H,30,33). The summed E-state index contributed by atoms with van der Waals surface area (Å²) in [5, 5.41) is 4.42. The lowest BCUT2D eigenvalue weighted by Crippen LogP contribution is -2.44. The van der Waals surface area contributed by atoms with Crippen LogP contribution in [0.15, 0.2) is 89.9 Å². The van der Waals surface area contributed by atoms with Gasteiger partial charge in [0.2, 0.25) is 0 Å². The van der Waals surface area contributed by atoms with Gasteiger partial charge in [-0.1, -0.05) is 48.5 Å². The summed E-state index contributed by atoms with van der Waals surface area (Å²) < 4.78 is 6.78. The molecule has 0 aliphatic carbocycles. The molecule has 0 bridgehead atoms. The first-order valence-corrected chi connectivity index (χ1v) is 12.0. The number of hydrogen-bond donors (Lipinski definition) is 1. The van der Waals surface area contributed by atoms with Crippen molar-refractivity contribution < 1.29 is 9.53 Å². The van der Waals surface area contributed by atoms with E-state index in [9.17, 15) is 9.59 Å². The highest BCUT2D eigenvalue weighted by Gasteiger charge is 2.23. The van der Waals surface area contributed by atoms with E-state index in [2.05, 4.69) is 34.5 Å². The lowest BCUT2D eigenvalue weighted by Gasteiger charge is -2.32. The molecule has 3 aromatic carbocycles. The van der Waals surface area contributed by atoms with Gasteiger partial charge in [-0.15, -0.1) is 0 Å². The Morgan fingerprint density at radius 2 is 1.57 bits per heavy atom. The molecule has 35 heavy (non-hydrogen) atoms. The molecule has 1 aromatic heterocycles. The summed E-state index contributed by atoms with van der Waals surface area (Å²) in [4.78, 5) is 29.1. The fourth-order valence-corrected chi connectivity index (χ4v) is 4.75. The molecule has 0 saturated carbocycles. The van der Waals surface area contributed by atoms with Crippen LogP contribution in [0, 0.1) is 0 Å². The summed E-state index contributed by atoms with van der Waals surface area (Å²) in [7, 11) is 1.60. The molecule has 0 spiro atoms. The number of carbonyl (C=O) groups excluding carboxylic acids is 1. The predicted octanol–water partition coefficient (Wildman–Crippen LogP) is 4.39. The maximum absolute atomic E-state index is 13.4. The quantitative estimate of drug-likeness (QED) is 0.457. The Kier molecular flexibility index (Phi) is 6.64. The lowest BCUT2D eigenvalue weighted by atomic mass is 10.0. The van der Waals surface area contributed by atoms with Gasteiger partial charge in [0.25, 0.3) is 11.5 Å². The third kappa shape index (κ3) is 4.98. The Morgan fingerprint density at radius 3 is 2.26 bits per heavy atom. The molecule has 5 rings (SSSR count). The Hall–Kier alpha value is -3.90. The number of ether oxygens (including phenoxy) is 1. The second kappa shape index (κ2) is 10.2. The van der Waals surface area contributed by atoms with E-state index in [0.717, 1.165) is 32.5 Å². The van der Waals surface area contributed by atoms with E-state index in [1.165, 1.54) is 5.56 Å². The normalized spacial score (nSPS) is 14.7. The van der Waals surface area contributed by atoms with Crippen LogP contribution in [0.2, 0.25) is 0 Å². The molecular weight excluding hydrogens is 438 g/mol. The molecule has 0 unspecified atom stereocenters. The van der Waals surface area contributed by atoms with Gasteiger partial charge in [-0.3, -0.25) is 19.1 Å². The molecule has 1 amide bonds. The molecule has 0 radical (unpaired) electrons.